The normalized spacial score (nSPS) is 28.8. The fraction of sp³-hybridized carbons (Fsp3) is 0.429. The number of rotatable bonds is 2. The molecule has 7 heteroatoms. The van der Waals surface area contributed by atoms with Crippen molar-refractivity contribution in [1.82, 2.24) is 0 Å². The van der Waals surface area contributed by atoms with Crippen molar-refractivity contribution in [1.29, 1.82) is 0 Å². The molecular formula is C14H16N2O3S2. The number of sulfone groups is 1. The Balaban J connectivity index is 2.00. The highest BCUT2D eigenvalue weighted by atomic mass is 32.2. The van der Waals surface area contributed by atoms with Gasteiger partial charge in [0.25, 0.3) is 0 Å². The Morgan fingerprint density at radius 3 is 2.71 bits per heavy atom. The molecule has 112 valence electrons. The average molecular weight is 324 g/mol. The van der Waals surface area contributed by atoms with E-state index in [0.717, 1.165) is 5.69 Å². The van der Waals surface area contributed by atoms with Gasteiger partial charge in [0.2, 0.25) is 5.91 Å². The number of fused-ring (bicyclic) bond motifs is 1. The standard InChI is InChI=1S/C14H16N2O3S2/c1-2-13(17)15-14-16(10-6-4-3-5-7-10)11-8-21(18,19)9-12(11)20-14/h3-7,11-12H,2,8-9H2,1H3/t11-,12+/m0/s1. The molecule has 2 aliphatic rings. The van der Waals surface area contributed by atoms with E-state index in [2.05, 4.69) is 4.99 Å². The Bertz CT molecular complexity index is 685. The van der Waals surface area contributed by atoms with Crippen LogP contribution < -0.4 is 4.90 Å². The number of carbonyl (C=O) groups is 1. The molecule has 2 atom stereocenters. The molecule has 5 nitrogen and oxygen atoms in total. The minimum Gasteiger partial charge on any atom is -0.316 e. The Hall–Kier alpha value is -1.34. The zero-order valence-electron chi connectivity index (χ0n) is 11.6. The molecule has 0 radical (unpaired) electrons. The first-order valence-electron chi connectivity index (χ1n) is 6.83. The van der Waals surface area contributed by atoms with E-state index >= 15 is 0 Å². The van der Waals surface area contributed by atoms with E-state index in [1.54, 1.807) is 6.92 Å². The summed E-state index contributed by atoms with van der Waals surface area (Å²) >= 11 is 1.41. The van der Waals surface area contributed by atoms with Gasteiger partial charge in [-0.25, -0.2) is 8.42 Å². The Kier molecular flexibility index (Phi) is 3.79. The maximum Gasteiger partial charge on any atom is 0.247 e. The van der Waals surface area contributed by atoms with Crippen LogP contribution in [-0.4, -0.2) is 42.3 Å². The summed E-state index contributed by atoms with van der Waals surface area (Å²) in [4.78, 5) is 17.7. The van der Waals surface area contributed by atoms with Crippen LogP contribution >= 0.6 is 11.8 Å². The number of thioether (sulfide) groups is 1. The van der Waals surface area contributed by atoms with Crippen LogP contribution in [0.5, 0.6) is 0 Å². The van der Waals surface area contributed by atoms with Gasteiger partial charge < -0.3 is 4.90 Å². The van der Waals surface area contributed by atoms with Crippen LogP contribution in [0.4, 0.5) is 5.69 Å². The molecule has 0 saturated carbocycles. The minimum atomic E-state index is -3.01. The minimum absolute atomic E-state index is 0.0430. The van der Waals surface area contributed by atoms with Crippen molar-refractivity contribution < 1.29 is 13.2 Å². The predicted molar refractivity (Wildman–Crippen MR) is 85.5 cm³/mol. The first kappa shape index (κ1) is 14.6. The molecule has 0 bridgehead atoms. The third-order valence-electron chi connectivity index (χ3n) is 3.62. The number of para-hydroxylation sites is 1. The summed E-state index contributed by atoms with van der Waals surface area (Å²) in [5, 5.41) is 0.580. The van der Waals surface area contributed by atoms with Crippen molar-refractivity contribution in [3.05, 3.63) is 30.3 Å². The van der Waals surface area contributed by atoms with Crippen LogP contribution in [0.1, 0.15) is 13.3 Å². The summed E-state index contributed by atoms with van der Waals surface area (Å²) in [6.45, 7) is 1.77. The molecule has 3 rings (SSSR count). The second kappa shape index (κ2) is 5.46. The van der Waals surface area contributed by atoms with E-state index < -0.39 is 9.84 Å². The van der Waals surface area contributed by atoms with Crippen molar-refractivity contribution in [2.45, 2.75) is 24.6 Å². The smallest absolute Gasteiger partial charge is 0.247 e. The molecular weight excluding hydrogens is 308 g/mol. The Labute approximate surface area is 128 Å². The van der Waals surface area contributed by atoms with E-state index in [0.29, 0.717) is 11.6 Å². The highest BCUT2D eigenvalue weighted by molar-refractivity contribution is 8.16. The molecule has 0 aliphatic carbocycles. The lowest BCUT2D eigenvalue weighted by Gasteiger charge is -2.24. The van der Waals surface area contributed by atoms with Crippen LogP contribution in [0.15, 0.2) is 35.3 Å². The molecule has 1 aromatic rings. The van der Waals surface area contributed by atoms with E-state index in [1.807, 2.05) is 35.2 Å². The second-order valence-corrected chi connectivity index (χ2v) is 8.51. The number of hydrogen-bond donors (Lipinski definition) is 0. The highest BCUT2D eigenvalue weighted by Gasteiger charge is 2.49. The van der Waals surface area contributed by atoms with E-state index in [1.165, 1.54) is 11.8 Å². The third-order valence-corrected chi connectivity index (χ3v) is 6.83. The van der Waals surface area contributed by atoms with Crippen molar-refractivity contribution in [2.24, 2.45) is 4.99 Å². The van der Waals surface area contributed by atoms with Gasteiger partial charge in [-0.3, -0.25) is 4.79 Å². The fourth-order valence-electron chi connectivity index (χ4n) is 2.64. The number of aliphatic imine (C=N–C) groups is 1. The number of hydrogen-bond acceptors (Lipinski definition) is 4. The van der Waals surface area contributed by atoms with Crippen molar-refractivity contribution in [2.75, 3.05) is 16.4 Å². The lowest BCUT2D eigenvalue weighted by molar-refractivity contribution is -0.117. The topological polar surface area (TPSA) is 66.8 Å². The summed E-state index contributed by atoms with van der Waals surface area (Å²) in [5.41, 5.74) is 0.886. The lowest BCUT2D eigenvalue weighted by Crippen LogP contribution is -2.37. The Morgan fingerprint density at radius 1 is 1.33 bits per heavy atom. The first-order chi connectivity index (χ1) is 10.00. The van der Waals surface area contributed by atoms with Crippen LogP contribution in [-0.2, 0) is 14.6 Å². The summed E-state index contributed by atoms with van der Waals surface area (Å²) < 4.78 is 23.7. The zero-order chi connectivity index (χ0) is 15.0. The molecule has 0 spiro atoms. The van der Waals surface area contributed by atoms with Gasteiger partial charge in [0.1, 0.15) is 0 Å². The quantitative estimate of drug-likeness (QED) is 0.828. The second-order valence-electron chi connectivity index (χ2n) is 5.15. The van der Waals surface area contributed by atoms with Crippen molar-refractivity contribution >= 4 is 38.4 Å². The van der Waals surface area contributed by atoms with Crippen LogP contribution in [0.25, 0.3) is 0 Å². The van der Waals surface area contributed by atoms with Gasteiger partial charge in [-0.05, 0) is 12.1 Å². The SMILES string of the molecule is CCC(=O)N=C1S[C@@H]2CS(=O)(=O)C[C@@H]2N1c1ccccc1. The molecule has 1 amide bonds. The van der Waals surface area contributed by atoms with Gasteiger partial charge in [-0.1, -0.05) is 36.9 Å². The van der Waals surface area contributed by atoms with Gasteiger partial charge in [0.05, 0.1) is 17.5 Å². The van der Waals surface area contributed by atoms with E-state index in [9.17, 15) is 13.2 Å². The number of benzene rings is 1. The van der Waals surface area contributed by atoms with Gasteiger partial charge >= 0.3 is 0 Å². The summed E-state index contributed by atoms with van der Waals surface area (Å²) in [6.07, 6.45) is 0.348. The number of anilines is 1. The van der Waals surface area contributed by atoms with Gasteiger partial charge in [-0.2, -0.15) is 4.99 Å². The summed E-state index contributed by atoms with van der Waals surface area (Å²) in [6, 6.07) is 9.40. The fourth-order valence-corrected chi connectivity index (χ4v) is 6.57. The van der Waals surface area contributed by atoms with E-state index in [-0.39, 0.29) is 28.7 Å². The maximum atomic E-state index is 11.9. The third kappa shape index (κ3) is 2.85. The molecule has 0 aromatic heterocycles. The number of nitrogens with zero attached hydrogens (tertiary/aromatic N) is 2. The van der Waals surface area contributed by atoms with Crippen LogP contribution in [0.2, 0.25) is 0 Å². The molecule has 21 heavy (non-hydrogen) atoms. The molecule has 1 aromatic carbocycles. The predicted octanol–water partition coefficient (Wildman–Crippen LogP) is 1.70. The number of carbonyl (C=O) groups excluding carboxylic acids is 1. The average Bonchev–Trinajstić information content (AvgIpc) is 2.90. The molecule has 2 heterocycles. The van der Waals surface area contributed by atoms with Crippen LogP contribution in [0, 0.1) is 0 Å². The van der Waals surface area contributed by atoms with Gasteiger partial charge in [-0.15, -0.1) is 0 Å². The lowest BCUT2D eigenvalue weighted by atomic mass is 10.2. The summed E-state index contributed by atoms with van der Waals surface area (Å²) in [5.74, 6) is 0.102. The number of amides is 1. The monoisotopic (exact) mass is 324 g/mol. The molecule has 0 unspecified atom stereocenters. The molecule has 2 aliphatic heterocycles. The van der Waals surface area contributed by atoms with Gasteiger partial charge in [0.15, 0.2) is 15.0 Å². The molecule has 2 fully saturated rings. The van der Waals surface area contributed by atoms with E-state index in [4.69, 9.17) is 0 Å². The van der Waals surface area contributed by atoms with Crippen molar-refractivity contribution in [3.63, 3.8) is 0 Å². The van der Waals surface area contributed by atoms with Crippen molar-refractivity contribution in [3.8, 4) is 0 Å². The molecule has 0 N–H and O–H groups in total. The number of amidine groups is 1. The molecule has 2 saturated heterocycles. The highest BCUT2D eigenvalue weighted by Crippen LogP contribution is 2.40. The summed E-state index contributed by atoms with van der Waals surface area (Å²) in [7, 11) is -3.01. The maximum absolute atomic E-state index is 11.9. The van der Waals surface area contributed by atoms with Gasteiger partial charge in [0, 0.05) is 17.4 Å². The largest absolute Gasteiger partial charge is 0.316 e. The first-order valence-corrected chi connectivity index (χ1v) is 9.53. The Morgan fingerprint density at radius 2 is 2.05 bits per heavy atom. The zero-order valence-corrected chi connectivity index (χ0v) is 13.2. The van der Waals surface area contributed by atoms with Crippen LogP contribution in [0.3, 0.4) is 0 Å².